The van der Waals surface area contributed by atoms with Gasteiger partial charge in [-0.1, -0.05) is 12.1 Å². The zero-order valence-corrected chi connectivity index (χ0v) is 9.34. The van der Waals surface area contributed by atoms with Crippen LogP contribution < -0.4 is 0 Å². The van der Waals surface area contributed by atoms with Gasteiger partial charge in [-0.15, -0.1) is 0 Å². The van der Waals surface area contributed by atoms with Gasteiger partial charge in [0.05, 0.1) is 0 Å². The summed E-state index contributed by atoms with van der Waals surface area (Å²) in [5, 5.41) is 18.7. The van der Waals surface area contributed by atoms with Crippen LogP contribution in [0.3, 0.4) is 0 Å². The molecule has 3 nitrogen and oxygen atoms in total. The molecule has 0 aliphatic rings. The molecule has 0 unspecified atom stereocenters. The summed E-state index contributed by atoms with van der Waals surface area (Å²) < 4.78 is 0. The highest BCUT2D eigenvalue weighted by atomic mass is 16.3. The molecule has 2 rings (SSSR count). The third kappa shape index (κ3) is 2.28. The molecule has 0 heterocycles. The number of phenols is 2. The monoisotopic (exact) mass is 228 g/mol. The number of hydrogen-bond acceptors (Lipinski definition) is 3. The van der Waals surface area contributed by atoms with Gasteiger partial charge >= 0.3 is 0 Å². The zero-order valence-electron chi connectivity index (χ0n) is 9.34. The van der Waals surface area contributed by atoms with Gasteiger partial charge in [-0.2, -0.15) is 0 Å². The SMILES string of the molecule is Cc1cc(C(=O)c2cccc(O)c2)ccc1O. The van der Waals surface area contributed by atoms with Gasteiger partial charge in [-0.25, -0.2) is 0 Å². The molecule has 2 N–H and O–H groups in total. The summed E-state index contributed by atoms with van der Waals surface area (Å²) in [7, 11) is 0. The molecule has 17 heavy (non-hydrogen) atoms. The predicted molar refractivity (Wildman–Crippen MR) is 64.4 cm³/mol. The second kappa shape index (κ2) is 4.29. The van der Waals surface area contributed by atoms with Gasteiger partial charge in [0.1, 0.15) is 11.5 Å². The Hall–Kier alpha value is -2.29. The third-order valence-electron chi connectivity index (χ3n) is 2.57. The number of rotatable bonds is 2. The molecule has 3 heteroatoms. The second-order valence-electron chi connectivity index (χ2n) is 3.88. The minimum Gasteiger partial charge on any atom is -0.508 e. The summed E-state index contributed by atoms with van der Waals surface area (Å²) in [6.45, 7) is 1.73. The van der Waals surface area contributed by atoms with Crippen LogP contribution in [0, 0.1) is 6.92 Å². The molecule has 0 bridgehead atoms. The van der Waals surface area contributed by atoms with Crippen molar-refractivity contribution in [3.63, 3.8) is 0 Å². The smallest absolute Gasteiger partial charge is 0.193 e. The van der Waals surface area contributed by atoms with E-state index in [1.807, 2.05) is 0 Å². The predicted octanol–water partition coefficient (Wildman–Crippen LogP) is 2.64. The topological polar surface area (TPSA) is 57.5 Å². The molecule has 0 radical (unpaired) electrons. The van der Waals surface area contributed by atoms with Crippen LogP contribution in [0.4, 0.5) is 0 Å². The lowest BCUT2D eigenvalue weighted by molar-refractivity contribution is 0.103. The molecule has 2 aromatic rings. The molecule has 86 valence electrons. The fraction of sp³-hybridized carbons (Fsp3) is 0.0714. The lowest BCUT2D eigenvalue weighted by Gasteiger charge is -2.04. The highest BCUT2D eigenvalue weighted by Gasteiger charge is 2.10. The van der Waals surface area contributed by atoms with Crippen molar-refractivity contribution in [1.29, 1.82) is 0 Å². The van der Waals surface area contributed by atoms with Gasteiger partial charge in [0, 0.05) is 11.1 Å². The second-order valence-corrected chi connectivity index (χ2v) is 3.88. The molecule has 0 aliphatic carbocycles. The van der Waals surface area contributed by atoms with E-state index < -0.39 is 0 Å². The first kappa shape index (κ1) is 11.2. The quantitative estimate of drug-likeness (QED) is 0.777. The molecule has 2 aromatic carbocycles. The fourth-order valence-electron chi connectivity index (χ4n) is 1.61. The highest BCUT2D eigenvalue weighted by Crippen LogP contribution is 2.20. The van der Waals surface area contributed by atoms with E-state index in [-0.39, 0.29) is 17.3 Å². The largest absolute Gasteiger partial charge is 0.508 e. The van der Waals surface area contributed by atoms with E-state index in [0.29, 0.717) is 16.7 Å². The zero-order chi connectivity index (χ0) is 12.4. The van der Waals surface area contributed by atoms with Crippen molar-refractivity contribution in [3.8, 4) is 11.5 Å². The summed E-state index contributed by atoms with van der Waals surface area (Å²) in [5.41, 5.74) is 1.57. The van der Waals surface area contributed by atoms with Crippen molar-refractivity contribution >= 4 is 5.78 Å². The number of carbonyl (C=O) groups is 1. The minimum absolute atomic E-state index is 0.0614. The van der Waals surface area contributed by atoms with Gasteiger partial charge in [-0.05, 0) is 42.8 Å². The average molecular weight is 228 g/mol. The van der Waals surface area contributed by atoms with Crippen molar-refractivity contribution in [2.24, 2.45) is 0 Å². The van der Waals surface area contributed by atoms with Crippen LogP contribution in [0.2, 0.25) is 0 Å². The first-order valence-corrected chi connectivity index (χ1v) is 5.21. The molecule has 0 spiro atoms. The molecule has 0 aliphatic heterocycles. The Morgan fingerprint density at radius 1 is 1.00 bits per heavy atom. The molecule has 0 aromatic heterocycles. The normalized spacial score (nSPS) is 10.2. The fourth-order valence-corrected chi connectivity index (χ4v) is 1.61. The number of aryl methyl sites for hydroxylation is 1. The maximum absolute atomic E-state index is 12.1. The molecular weight excluding hydrogens is 216 g/mol. The lowest BCUT2D eigenvalue weighted by atomic mass is 10.0. The van der Waals surface area contributed by atoms with E-state index in [1.165, 1.54) is 18.2 Å². The van der Waals surface area contributed by atoms with Crippen molar-refractivity contribution in [2.45, 2.75) is 6.92 Å². The van der Waals surface area contributed by atoms with Crippen LogP contribution in [0.1, 0.15) is 21.5 Å². The van der Waals surface area contributed by atoms with Crippen molar-refractivity contribution < 1.29 is 15.0 Å². The molecule has 0 fully saturated rings. The number of aromatic hydroxyl groups is 2. The number of phenolic OH excluding ortho intramolecular Hbond substituents is 2. The molecular formula is C14H12O3. The Labute approximate surface area is 99.0 Å². The van der Waals surface area contributed by atoms with Crippen LogP contribution in [0.15, 0.2) is 42.5 Å². The van der Waals surface area contributed by atoms with E-state index in [1.54, 1.807) is 31.2 Å². The van der Waals surface area contributed by atoms with E-state index in [0.717, 1.165) is 0 Å². The number of carbonyl (C=O) groups excluding carboxylic acids is 1. The van der Waals surface area contributed by atoms with E-state index >= 15 is 0 Å². The third-order valence-corrected chi connectivity index (χ3v) is 2.57. The summed E-state index contributed by atoms with van der Waals surface area (Å²) in [6, 6.07) is 10.9. The maximum Gasteiger partial charge on any atom is 0.193 e. The molecule has 0 amide bonds. The van der Waals surface area contributed by atoms with Crippen molar-refractivity contribution in [3.05, 3.63) is 59.2 Å². The van der Waals surface area contributed by atoms with Crippen LogP contribution in [-0.2, 0) is 0 Å². The first-order valence-electron chi connectivity index (χ1n) is 5.21. The van der Waals surface area contributed by atoms with E-state index in [2.05, 4.69) is 0 Å². The summed E-state index contributed by atoms with van der Waals surface area (Å²) >= 11 is 0. The summed E-state index contributed by atoms with van der Waals surface area (Å²) in [5.74, 6) is 0.0489. The number of hydrogen-bond donors (Lipinski definition) is 2. The Bertz CT molecular complexity index is 573. The average Bonchev–Trinajstić information content (AvgIpc) is 2.32. The van der Waals surface area contributed by atoms with Crippen LogP contribution in [0.5, 0.6) is 11.5 Å². The van der Waals surface area contributed by atoms with Gasteiger partial charge in [0.2, 0.25) is 0 Å². The van der Waals surface area contributed by atoms with E-state index in [9.17, 15) is 15.0 Å². The Balaban J connectivity index is 2.40. The van der Waals surface area contributed by atoms with Crippen molar-refractivity contribution in [1.82, 2.24) is 0 Å². The van der Waals surface area contributed by atoms with Crippen LogP contribution in [0.25, 0.3) is 0 Å². The van der Waals surface area contributed by atoms with Crippen molar-refractivity contribution in [2.75, 3.05) is 0 Å². The first-order chi connectivity index (χ1) is 8.08. The van der Waals surface area contributed by atoms with Gasteiger partial charge < -0.3 is 10.2 Å². The number of benzene rings is 2. The Kier molecular flexibility index (Phi) is 2.83. The van der Waals surface area contributed by atoms with Gasteiger partial charge in [0.25, 0.3) is 0 Å². The summed E-state index contributed by atoms with van der Waals surface area (Å²) in [4.78, 5) is 12.1. The molecule has 0 saturated carbocycles. The van der Waals surface area contributed by atoms with Crippen LogP contribution in [-0.4, -0.2) is 16.0 Å². The number of ketones is 1. The molecule has 0 saturated heterocycles. The molecule has 0 atom stereocenters. The van der Waals surface area contributed by atoms with E-state index in [4.69, 9.17) is 0 Å². The highest BCUT2D eigenvalue weighted by molar-refractivity contribution is 6.09. The lowest BCUT2D eigenvalue weighted by Crippen LogP contribution is -2.01. The standard InChI is InChI=1S/C14H12O3/c1-9-7-11(5-6-13(9)16)14(17)10-3-2-4-12(15)8-10/h2-8,15-16H,1H3. The summed E-state index contributed by atoms with van der Waals surface area (Å²) in [6.07, 6.45) is 0. The minimum atomic E-state index is -0.177. The Morgan fingerprint density at radius 2 is 1.71 bits per heavy atom. The van der Waals surface area contributed by atoms with Gasteiger partial charge in [0.15, 0.2) is 5.78 Å². The Morgan fingerprint density at radius 3 is 2.35 bits per heavy atom. The van der Waals surface area contributed by atoms with Crippen LogP contribution >= 0.6 is 0 Å². The van der Waals surface area contributed by atoms with Gasteiger partial charge in [-0.3, -0.25) is 4.79 Å². The maximum atomic E-state index is 12.1.